The summed E-state index contributed by atoms with van der Waals surface area (Å²) in [5, 5.41) is 20.2. The standard InChI is InChI=1S/C18H15ClN4O5S/c19-16-6-5-14(23(25)26)11-15(16)18(24)21-7-9-22(10-8-21)29(27,28)17-4-2-1-3-13(17)12-20/h1-6,11H,7-10H2. The maximum atomic E-state index is 12.9. The van der Waals surface area contributed by atoms with E-state index in [1.54, 1.807) is 6.07 Å². The highest BCUT2D eigenvalue weighted by molar-refractivity contribution is 7.89. The number of amides is 1. The second-order valence-electron chi connectivity index (χ2n) is 6.23. The molecule has 1 heterocycles. The Morgan fingerprint density at radius 2 is 1.79 bits per heavy atom. The SMILES string of the molecule is N#Cc1ccccc1S(=O)(=O)N1CCN(C(=O)c2cc([N+](=O)[O-])ccc2Cl)CC1. The summed E-state index contributed by atoms with van der Waals surface area (Å²) in [4.78, 5) is 24.4. The van der Waals surface area contributed by atoms with Gasteiger partial charge in [0.2, 0.25) is 10.0 Å². The molecule has 1 fully saturated rings. The van der Waals surface area contributed by atoms with Crippen molar-refractivity contribution >= 4 is 33.2 Å². The number of carbonyl (C=O) groups excluding carboxylic acids is 1. The zero-order valence-electron chi connectivity index (χ0n) is 15.0. The molecule has 3 rings (SSSR count). The Kier molecular flexibility index (Phi) is 5.83. The van der Waals surface area contributed by atoms with Crippen LogP contribution in [0.5, 0.6) is 0 Å². The number of non-ortho nitro benzene ring substituents is 1. The first-order valence-corrected chi connectivity index (χ1v) is 10.3. The maximum Gasteiger partial charge on any atom is 0.270 e. The van der Waals surface area contributed by atoms with Crippen molar-refractivity contribution in [2.75, 3.05) is 26.2 Å². The van der Waals surface area contributed by atoms with Crippen molar-refractivity contribution in [3.05, 3.63) is 68.7 Å². The third-order valence-electron chi connectivity index (χ3n) is 4.54. The van der Waals surface area contributed by atoms with Gasteiger partial charge in [0.05, 0.1) is 26.0 Å². The molecule has 0 spiro atoms. The van der Waals surface area contributed by atoms with Gasteiger partial charge in [0.15, 0.2) is 0 Å². The van der Waals surface area contributed by atoms with E-state index >= 15 is 0 Å². The van der Waals surface area contributed by atoms with Gasteiger partial charge >= 0.3 is 0 Å². The van der Waals surface area contributed by atoms with Crippen molar-refractivity contribution in [1.29, 1.82) is 5.26 Å². The number of nitro groups is 1. The van der Waals surface area contributed by atoms with Crippen LogP contribution in [0, 0.1) is 21.4 Å². The van der Waals surface area contributed by atoms with E-state index in [4.69, 9.17) is 16.9 Å². The molecule has 1 aliphatic heterocycles. The minimum atomic E-state index is -3.89. The van der Waals surface area contributed by atoms with E-state index in [0.717, 1.165) is 6.07 Å². The second kappa shape index (κ2) is 8.16. The summed E-state index contributed by atoms with van der Waals surface area (Å²) in [6.45, 7) is 0.234. The lowest BCUT2D eigenvalue weighted by molar-refractivity contribution is -0.384. The first-order valence-electron chi connectivity index (χ1n) is 8.48. The highest BCUT2D eigenvalue weighted by Gasteiger charge is 2.32. The van der Waals surface area contributed by atoms with Crippen LogP contribution in [0.2, 0.25) is 5.02 Å². The fourth-order valence-corrected chi connectivity index (χ4v) is 4.78. The van der Waals surface area contributed by atoms with Gasteiger partial charge in [0, 0.05) is 38.3 Å². The lowest BCUT2D eigenvalue weighted by Crippen LogP contribution is -2.50. The highest BCUT2D eigenvalue weighted by atomic mass is 35.5. The Bertz CT molecular complexity index is 1120. The minimum absolute atomic E-state index is 0.00741. The summed E-state index contributed by atoms with van der Waals surface area (Å²) in [5.41, 5.74) is -0.214. The van der Waals surface area contributed by atoms with E-state index in [2.05, 4.69) is 0 Å². The summed E-state index contributed by atoms with van der Waals surface area (Å²) in [7, 11) is -3.89. The van der Waals surface area contributed by atoms with Gasteiger partial charge in [-0.05, 0) is 18.2 Å². The topological polar surface area (TPSA) is 125 Å². The van der Waals surface area contributed by atoms with Crippen molar-refractivity contribution in [3.8, 4) is 6.07 Å². The zero-order valence-corrected chi connectivity index (χ0v) is 16.6. The number of hydrogen-bond donors (Lipinski definition) is 0. The number of sulfonamides is 1. The fourth-order valence-electron chi connectivity index (χ4n) is 3.02. The van der Waals surface area contributed by atoms with Gasteiger partial charge in [-0.25, -0.2) is 8.42 Å². The number of nitro benzene ring substituents is 1. The zero-order chi connectivity index (χ0) is 21.2. The van der Waals surface area contributed by atoms with Gasteiger partial charge in [0.25, 0.3) is 11.6 Å². The van der Waals surface area contributed by atoms with E-state index < -0.39 is 20.9 Å². The van der Waals surface area contributed by atoms with Gasteiger partial charge in [-0.2, -0.15) is 9.57 Å². The highest BCUT2D eigenvalue weighted by Crippen LogP contribution is 2.25. The molecule has 0 bridgehead atoms. The van der Waals surface area contributed by atoms with Crippen LogP contribution in [-0.2, 0) is 10.0 Å². The van der Waals surface area contributed by atoms with Gasteiger partial charge in [-0.15, -0.1) is 0 Å². The second-order valence-corrected chi connectivity index (χ2v) is 8.54. The van der Waals surface area contributed by atoms with Crippen LogP contribution in [-0.4, -0.2) is 54.6 Å². The molecule has 2 aromatic carbocycles. The van der Waals surface area contributed by atoms with Crippen LogP contribution in [0.4, 0.5) is 5.69 Å². The number of rotatable bonds is 4. The third kappa shape index (κ3) is 4.07. The molecule has 0 radical (unpaired) electrons. The van der Waals surface area contributed by atoms with E-state index in [1.807, 2.05) is 6.07 Å². The molecular weight excluding hydrogens is 420 g/mol. The quantitative estimate of drug-likeness (QED) is 0.536. The summed E-state index contributed by atoms with van der Waals surface area (Å²) in [5.74, 6) is -0.506. The first kappa shape index (κ1) is 20.7. The molecule has 1 aliphatic rings. The van der Waals surface area contributed by atoms with Crippen LogP contribution in [0.1, 0.15) is 15.9 Å². The van der Waals surface area contributed by atoms with Crippen molar-refractivity contribution < 1.29 is 18.1 Å². The molecule has 2 aromatic rings. The van der Waals surface area contributed by atoms with Crippen molar-refractivity contribution in [1.82, 2.24) is 9.21 Å². The number of piperazine rings is 1. The Hall–Kier alpha value is -3.00. The number of hydrogen-bond acceptors (Lipinski definition) is 6. The molecule has 1 saturated heterocycles. The van der Waals surface area contributed by atoms with E-state index in [1.165, 1.54) is 39.5 Å². The maximum absolute atomic E-state index is 12.9. The Labute approximate surface area is 171 Å². The molecule has 9 nitrogen and oxygen atoms in total. The minimum Gasteiger partial charge on any atom is -0.336 e. The van der Waals surface area contributed by atoms with Gasteiger partial charge in [-0.3, -0.25) is 14.9 Å². The van der Waals surface area contributed by atoms with Crippen LogP contribution in [0.3, 0.4) is 0 Å². The lowest BCUT2D eigenvalue weighted by atomic mass is 10.1. The van der Waals surface area contributed by atoms with Crippen LogP contribution >= 0.6 is 11.6 Å². The van der Waals surface area contributed by atoms with Crippen molar-refractivity contribution in [2.24, 2.45) is 0 Å². The Morgan fingerprint density at radius 3 is 2.41 bits per heavy atom. The summed E-state index contributed by atoms with van der Waals surface area (Å²) >= 11 is 6.02. The summed E-state index contributed by atoms with van der Waals surface area (Å²) < 4.78 is 26.9. The largest absolute Gasteiger partial charge is 0.336 e. The Morgan fingerprint density at radius 1 is 1.14 bits per heavy atom. The van der Waals surface area contributed by atoms with Crippen LogP contribution in [0.25, 0.3) is 0 Å². The number of nitriles is 1. The van der Waals surface area contributed by atoms with Crippen molar-refractivity contribution in [3.63, 3.8) is 0 Å². The van der Waals surface area contributed by atoms with E-state index in [-0.39, 0.29) is 52.9 Å². The number of benzene rings is 2. The average Bonchev–Trinajstić information content (AvgIpc) is 2.73. The molecule has 29 heavy (non-hydrogen) atoms. The molecule has 0 aromatic heterocycles. The molecule has 0 saturated carbocycles. The number of nitrogens with zero attached hydrogens (tertiary/aromatic N) is 4. The predicted molar refractivity (Wildman–Crippen MR) is 104 cm³/mol. The van der Waals surface area contributed by atoms with Gasteiger partial charge in [0.1, 0.15) is 6.07 Å². The van der Waals surface area contributed by atoms with Crippen LogP contribution in [0.15, 0.2) is 47.4 Å². The lowest BCUT2D eigenvalue weighted by Gasteiger charge is -2.34. The molecule has 0 N–H and O–H groups in total. The summed E-state index contributed by atoms with van der Waals surface area (Å²) in [6.07, 6.45) is 0. The number of carbonyl (C=O) groups is 1. The van der Waals surface area contributed by atoms with E-state index in [0.29, 0.717) is 0 Å². The van der Waals surface area contributed by atoms with E-state index in [9.17, 15) is 23.3 Å². The fraction of sp³-hybridized carbons (Fsp3) is 0.222. The monoisotopic (exact) mass is 434 g/mol. The van der Waals surface area contributed by atoms with Gasteiger partial charge in [-0.1, -0.05) is 23.7 Å². The molecule has 150 valence electrons. The number of halogens is 1. The molecule has 0 atom stereocenters. The molecule has 0 unspecified atom stereocenters. The third-order valence-corrected chi connectivity index (χ3v) is 6.83. The smallest absolute Gasteiger partial charge is 0.270 e. The summed E-state index contributed by atoms with van der Waals surface area (Å²) in [6, 6.07) is 11.4. The average molecular weight is 435 g/mol. The predicted octanol–water partition coefficient (Wildman–Crippen LogP) is 2.27. The molecule has 11 heteroatoms. The first-order chi connectivity index (χ1) is 13.8. The molecule has 0 aliphatic carbocycles. The normalized spacial score (nSPS) is 15.0. The Balaban J connectivity index is 1.77. The molecule has 1 amide bonds. The molecular formula is C18H15ClN4O5S. The van der Waals surface area contributed by atoms with Crippen LogP contribution < -0.4 is 0 Å². The van der Waals surface area contributed by atoms with Gasteiger partial charge < -0.3 is 4.90 Å². The van der Waals surface area contributed by atoms with Crippen molar-refractivity contribution in [2.45, 2.75) is 4.90 Å².